The molecule has 9 heteroatoms. The summed E-state index contributed by atoms with van der Waals surface area (Å²) < 4.78 is 13.0. The lowest BCUT2D eigenvalue weighted by atomic mass is 10.1. The van der Waals surface area contributed by atoms with Gasteiger partial charge in [0.25, 0.3) is 0 Å². The Morgan fingerprint density at radius 3 is 2.84 bits per heavy atom. The molecule has 0 amide bonds. The third-order valence-electron chi connectivity index (χ3n) is 5.51. The van der Waals surface area contributed by atoms with Gasteiger partial charge in [-0.2, -0.15) is 5.10 Å². The van der Waals surface area contributed by atoms with E-state index in [-0.39, 0.29) is 6.61 Å². The van der Waals surface area contributed by atoms with Crippen LogP contribution in [0.15, 0.2) is 48.8 Å². The molecular formula is C23H30N6O3. The number of ether oxygens (including phenoxy) is 2. The van der Waals surface area contributed by atoms with Crippen molar-refractivity contribution in [1.82, 2.24) is 25.1 Å². The first kappa shape index (κ1) is 22.2. The predicted molar refractivity (Wildman–Crippen MR) is 122 cm³/mol. The summed E-state index contributed by atoms with van der Waals surface area (Å²) >= 11 is 0. The number of aromatic nitrogens is 4. The van der Waals surface area contributed by atoms with Crippen LogP contribution in [0.3, 0.4) is 0 Å². The maximum Gasteiger partial charge on any atom is 0.164 e. The zero-order chi connectivity index (χ0) is 22.3. The average molecular weight is 439 g/mol. The van der Waals surface area contributed by atoms with Gasteiger partial charge >= 0.3 is 0 Å². The maximum absolute atomic E-state index is 9.92. The van der Waals surface area contributed by atoms with Crippen LogP contribution in [0.4, 0.5) is 5.82 Å². The van der Waals surface area contributed by atoms with Gasteiger partial charge in [-0.05, 0) is 38.1 Å². The fraction of sp³-hybridized carbons (Fsp3) is 0.435. The third kappa shape index (κ3) is 5.42. The fourth-order valence-electron chi connectivity index (χ4n) is 3.72. The van der Waals surface area contributed by atoms with E-state index in [2.05, 4.69) is 22.4 Å². The number of rotatable bonds is 9. The van der Waals surface area contributed by atoms with Gasteiger partial charge in [0.2, 0.25) is 0 Å². The van der Waals surface area contributed by atoms with E-state index in [9.17, 15) is 5.11 Å². The number of aliphatic hydroxyl groups is 1. The molecular weight excluding hydrogens is 408 g/mol. The van der Waals surface area contributed by atoms with Crippen molar-refractivity contribution >= 4 is 5.82 Å². The van der Waals surface area contributed by atoms with Crippen molar-refractivity contribution in [3.8, 4) is 23.0 Å². The molecule has 0 aliphatic carbocycles. The highest BCUT2D eigenvalue weighted by atomic mass is 16.5. The fourth-order valence-corrected chi connectivity index (χ4v) is 3.72. The second kappa shape index (κ2) is 10.5. The van der Waals surface area contributed by atoms with Crippen molar-refractivity contribution in [2.45, 2.75) is 25.0 Å². The van der Waals surface area contributed by atoms with Crippen molar-refractivity contribution in [1.29, 1.82) is 0 Å². The van der Waals surface area contributed by atoms with E-state index < -0.39 is 6.10 Å². The van der Waals surface area contributed by atoms with Crippen molar-refractivity contribution in [3.05, 3.63) is 48.8 Å². The molecule has 4 rings (SSSR count). The molecule has 0 radical (unpaired) electrons. The average Bonchev–Trinajstić information content (AvgIpc) is 3.38. The second-order valence-electron chi connectivity index (χ2n) is 7.86. The van der Waals surface area contributed by atoms with E-state index in [1.54, 1.807) is 17.9 Å². The van der Waals surface area contributed by atoms with E-state index in [1.165, 1.54) is 0 Å². The Bertz CT molecular complexity index is 991. The van der Waals surface area contributed by atoms with Gasteiger partial charge in [-0.1, -0.05) is 12.1 Å². The van der Waals surface area contributed by atoms with Gasteiger partial charge < -0.3 is 24.8 Å². The maximum atomic E-state index is 9.92. The van der Waals surface area contributed by atoms with Crippen LogP contribution in [-0.2, 0) is 4.74 Å². The van der Waals surface area contributed by atoms with E-state index in [0.29, 0.717) is 30.0 Å². The van der Waals surface area contributed by atoms with Gasteiger partial charge in [-0.3, -0.25) is 0 Å². The van der Waals surface area contributed by atoms with Crippen molar-refractivity contribution < 1.29 is 14.6 Å². The third-order valence-corrected chi connectivity index (χ3v) is 5.51. The molecule has 1 aliphatic rings. The number of hydrogen-bond acceptors (Lipinski definition) is 8. The molecule has 2 N–H and O–H groups in total. The topological polar surface area (TPSA) is 97.6 Å². The largest absolute Gasteiger partial charge is 0.491 e. The van der Waals surface area contributed by atoms with E-state index in [0.717, 1.165) is 37.4 Å². The van der Waals surface area contributed by atoms with Crippen LogP contribution in [0.5, 0.6) is 5.75 Å². The van der Waals surface area contributed by atoms with Gasteiger partial charge in [0.1, 0.15) is 24.3 Å². The van der Waals surface area contributed by atoms with Gasteiger partial charge in [0.05, 0.1) is 0 Å². The molecule has 1 unspecified atom stereocenters. The Balaban J connectivity index is 1.64. The number of anilines is 1. The van der Waals surface area contributed by atoms with Crippen LogP contribution in [0.1, 0.15) is 12.8 Å². The van der Waals surface area contributed by atoms with Crippen LogP contribution in [0.2, 0.25) is 0 Å². The Labute approximate surface area is 188 Å². The van der Waals surface area contributed by atoms with E-state index >= 15 is 0 Å². The summed E-state index contributed by atoms with van der Waals surface area (Å²) in [6, 6.07) is 11.8. The molecule has 1 aromatic carbocycles. The Kier molecular flexibility index (Phi) is 7.31. The molecule has 2 aromatic heterocycles. The molecule has 0 bridgehead atoms. The van der Waals surface area contributed by atoms with Gasteiger partial charge in [-0.25, -0.2) is 14.6 Å². The smallest absolute Gasteiger partial charge is 0.164 e. The number of benzene rings is 1. The van der Waals surface area contributed by atoms with Crippen molar-refractivity contribution in [2.75, 3.05) is 45.4 Å². The highest BCUT2D eigenvalue weighted by Gasteiger charge is 2.21. The summed E-state index contributed by atoms with van der Waals surface area (Å²) in [6.45, 7) is 2.20. The van der Waals surface area contributed by atoms with Gasteiger partial charge in [0, 0.05) is 56.9 Å². The predicted octanol–water partition coefficient (Wildman–Crippen LogP) is 1.90. The molecule has 3 heterocycles. The molecule has 1 saturated heterocycles. The zero-order valence-corrected chi connectivity index (χ0v) is 18.5. The first-order valence-electron chi connectivity index (χ1n) is 10.9. The summed E-state index contributed by atoms with van der Waals surface area (Å²) in [5.41, 5.74) is 0.834. The Morgan fingerprint density at radius 1 is 1.25 bits per heavy atom. The van der Waals surface area contributed by atoms with Crippen LogP contribution in [-0.4, -0.2) is 77.5 Å². The SMILES string of the molecule is CNCC(O)COc1cccc(-c2nc(N(C)C3CCOCC3)cc(-n3cccn3)n2)c1. The standard InChI is InChI=1S/C23H30N6O3/c1-24-15-19(30)16-32-20-6-3-5-17(13-20)23-26-21(28(2)18-7-11-31-12-8-18)14-22(27-23)29-10-4-9-25-29/h3-6,9-10,13-14,18-19,24,30H,7-8,11-12,15-16H2,1-2H3. The zero-order valence-electron chi connectivity index (χ0n) is 18.5. The summed E-state index contributed by atoms with van der Waals surface area (Å²) in [6.07, 6.45) is 4.95. The molecule has 9 nitrogen and oxygen atoms in total. The molecule has 0 saturated carbocycles. The highest BCUT2D eigenvalue weighted by Crippen LogP contribution is 2.27. The number of nitrogens with one attached hydrogen (secondary N) is 1. The summed E-state index contributed by atoms with van der Waals surface area (Å²) in [5.74, 6) is 2.78. The van der Waals surface area contributed by atoms with Gasteiger partial charge in [-0.15, -0.1) is 0 Å². The first-order chi connectivity index (χ1) is 15.6. The number of nitrogens with zero attached hydrogens (tertiary/aromatic N) is 5. The molecule has 32 heavy (non-hydrogen) atoms. The summed E-state index contributed by atoms with van der Waals surface area (Å²) in [4.78, 5) is 11.8. The summed E-state index contributed by atoms with van der Waals surface area (Å²) in [5, 5.41) is 17.2. The molecule has 1 aliphatic heterocycles. The minimum Gasteiger partial charge on any atom is -0.491 e. The molecule has 1 fully saturated rings. The Hall–Kier alpha value is -3.01. The van der Waals surface area contributed by atoms with Crippen molar-refractivity contribution in [3.63, 3.8) is 0 Å². The minimum atomic E-state index is -0.581. The normalized spacial score (nSPS) is 15.5. The number of aliphatic hydroxyl groups excluding tert-OH is 1. The molecule has 1 atom stereocenters. The van der Waals surface area contributed by atoms with Crippen LogP contribution >= 0.6 is 0 Å². The number of likely N-dealkylation sites (N-methyl/N-ethyl adjacent to an activating group) is 1. The quantitative estimate of drug-likeness (QED) is 0.523. The lowest BCUT2D eigenvalue weighted by Gasteiger charge is -2.32. The lowest BCUT2D eigenvalue weighted by molar-refractivity contribution is 0.0853. The molecule has 3 aromatic rings. The van der Waals surface area contributed by atoms with Crippen LogP contribution in [0, 0.1) is 0 Å². The minimum absolute atomic E-state index is 0.205. The second-order valence-corrected chi connectivity index (χ2v) is 7.86. The van der Waals surface area contributed by atoms with Crippen molar-refractivity contribution in [2.24, 2.45) is 0 Å². The number of hydrogen-bond donors (Lipinski definition) is 2. The first-order valence-corrected chi connectivity index (χ1v) is 10.9. The lowest BCUT2D eigenvalue weighted by Crippen LogP contribution is -2.37. The molecule has 0 spiro atoms. The van der Waals surface area contributed by atoms with Crippen LogP contribution < -0.4 is 15.0 Å². The monoisotopic (exact) mass is 438 g/mol. The summed E-state index contributed by atoms with van der Waals surface area (Å²) in [7, 11) is 3.86. The highest BCUT2D eigenvalue weighted by molar-refractivity contribution is 5.61. The van der Waals surface area contributed by atoms with E-state index in [1.807, 2.05) is 42.6 Å². The van der Waals surface area contributed by atoms with Crippen LogP contribution in [0.25, 0.3) is 17.2 Å². The van der Waals surface area contributed by atoms with E-state index in [4.69, 9.17) is 19.4 Å². The Morgan fingerprint density at radius 2 is 2.09 bits per heavy atom. The molecule has 170 valence electrons. The van der Waals surface area contributed by atoms with Gasteiger partial charge in [0.15, 0.2) is 11.6 Å².